The summed E-state index contributed by atoms with van der Waals surface area (Å²) in [6.07, 6.45) is 6.64. The molecule has 0 amide bonds. The molecule has 1 aromatic carbocycles. The summed E-state index contributed by atoms with van der Waals surface area (Å²) in [6, 6.07) is 7.06. The number of aryl methyl sites for hydroxylation is 1. The smallest absolute Gasteiger partial charge is 0.191 e. The van der Waals surface area contributed by atoms with Gasteiger partial charge in [-0.1, -0.05) is 6.07 Å². The van der Waals surface area contributed by atoms with E-state index in [-0.39, 0.29) is 5.82 Å². The average molecular weight is 341 g/mol. The fraction of sp³-hybridized carbons (Fsp3) is 0.235. The molecule has 0 atom stereocenters. The van der Waals surface area contributed by atoms with E-state index in [0.717, 1.165) is 11.3 Å². The number of hydrogen-bond acceptors (Lipinski definition) is 3. The van der Waals surface area contributed by atoms with Crippen LogP contribution in [0.15, 0.2) is 54.2 Å². The number of guanidine groups is 1. The average Bonchev–Trinajstić information content (AvgIpc) is 3.27. The highest BCUT2D eigenvalue weighted by atomic mass is 19.1. The van der Waals surface area contributed by atoms with Crippen molar-refractivity contribution in [2.24, 2.45) is 12.0 Å². The van der Waals surface area contributed by atoms with Gasteiger partial charge >= 0.3 is 0 Å². The molecule has 0 saturated carbocycles. The molecular formula is C17H20FN7. The molecule has 0 saturated heterocycles. The summed E-state index contributed by atoms with van der Waals surface area (Å²) >= 11 is 0. The Morgan fingerprint density at radius 1 is 1.20 bits per heavy atom. The number of benzene rings is 1. The van der Waals surface area contributed by atoms with Gasteiger partial charge in [-0.05, 0) is 23.8 Å². The minimum absolute atomic E-state index is 0.296. The number of nitrogens with zero attached hydrogens (tertiary/aromatic N) is 5. The normalized spacial score (nSPS) is 11.6. The lowest BCUT2D eigenvalue weighted by Gasteiger charge is -2.13. The summed E-state index contributed by atoms with van der Waals surface area (Å²) in [5, 5.41) is 10.5. The van der Waals surface area contributed by atoms with Gasteiger partial charge in [-0.15, -0.1) is 0 Å². The lowest BCUT2D eigenvalue weighted by Crippen LogP contribution is -2.36. The quantitative estimate of drug-likeness (QED) is 0.546. The van der Waals surface area contributed by atoms with E-state index in [2.05, 4.69) is 25.7 Å². The van der Waals surface area contributed by atoms with Gasteiger partial charge in [0.2, 0.25) is 0 Å². The van der Waals surface area contributed by atoms with Crippen molar-refractivity contribution >= 4 is 5.96 Å². The van der Waals surface area contributed by atoms with Crippen molar-refractivity contribution in [1.29, 1.82) is 0 Å². The lowest BCUT2D eigenvalue weighted by atomic mass is 10.2. The van der Waals surface area contributed by atoms with E-state index in [4.69, 9.17) is 0 Å². The number of halogens is 1. The maximum Gasteiger partial charge on any atom is 0.191 e. The van der Waals surface area contributed by atoms with Gasteiger partial charge in [0, 0.05) is 39.2 Å². The zero-order valence-electron chi connectivity index (χ0n) is 14.1. The van der Waals surface area contributed by atoms with Gasteiger partial charge in [0.05, 0.1) is 24.3 Å². The van der Waals surface area contributed by atoms with E-state index in [0.29, 0.717) is 24.7 Å². The topological polar surface area (TPSA) is 72.1 Å². The molecule has 25 heavy (non-hydrogen) atoms. The van der Waals surface area contributed by atoms with Crippen LogP contribution in [0.1, 0.15) is 11.3 Å². The molecule has 7 nitrogen and oxygen atoms in total. The van der Waals surface area contributed by atoms with Crippen LogP contribution in [-0.4, -0.2) is 32.3 Å². The zero-order valence-corrected chi connectivity index (χ0v) is 14.1. The molecule has 0 aliphatic carbocycles. The first-order chi connectivity index (χ1) is 12.2. The highest BCUT2D eigenvalue weighted by molar-refractivity contribution is 5.79. The first kappa shape index (κ1) is 16.7. The van der Waals surface area contributed by atoms with Crippen LogP contribution in [0.2, 0.25) is 0 Å². The number of hydrogen-bond donors (Lipinski definition) is 2. The molecule has 2 heterocycles. The molecule has 0 bridgehead atoms. The minimum Gasteiger partial charge on any atom is -0.352 e. The third kappa shape index (κ3) is 4.03. The van der Waals surface area contributed by atoms with Gasteiger partial charge in [0.1, 0.15) is 5.82 Å². The van der Waals surface area contributed by atoms with Crippen molar-refractivity contribution in [3.63, 3.8) is 0 Å². The van der Waals surface area contributed by atoms with Gasteiger partial charge < -0.3 is 15.2 Å². The van der Waals surface area contributed by atoms with E-state index in [1.807, 2.05) is 19.2 Å². The molecule has 0 radical (unpaired) electrons. The molecule has 2 N–H and O–H groups in total. The second-order valence-electron chi connectivity index (χ2n) is 5.48. The molecule has 0 aliphatic rings. The summed E-state index contributed by atoms with van der Waals surface area (Å²) in [5.41, 5.74) is 2.34. The third-order valence-corrected chi connectivity index (χ3v) is 3.84. The van der Waals surface area contributed by atoms with Crippen LogP contribution in [0.5, 0.6) is 0 Å². The van der Waals surface area contributed by atoms with Crippen molar-refractivity contribution < 1.29 is 4.39 Å². The second kappa shape index (κ2) is 7.61. The Bertz CT molecular complexity index is 852. The maximum atomic E-state index is 14.3. The zero-order chi connectivity index (χ0) is 17.6. The Labute approximate surface area is 145 Å². The van der Waals surface area contributed by atoms with Crippen LogP contribution in [-0.2, 0) is 20.1 Å². The van der Waals surface area contributed by atoms with Gasteiger partial charge in [-0.2, -0.15) is 5.10 Å². The van der Waals surface area contributed by atoms with Crippen molar-refractivity contribution in [2.45, 2.75) is 13.1 Å². The van der Waals surface area contributed by atoms with Crippen LogP contribution >= 0.6 is 0 Å². The van der Waals surface area contributed by atoms with Gasteiger partial charge in [-0.3, -0.25) is 9.67 Å². The minimum atomic E-state index is -0.296. The predicted octanol–water partition coefficient (Wildman–Crippen LogP) is 1.61. The van der Waals surface area contributed by atoms with Crippen LogP contribution in [0.4, 0.5) is 4.39 Å². The highest BCUT2D eigenvalue weighted by Gasteiger charge is 2.06. The standard InChI is InChI=1S/C17H20FN7/c1-19-17(22-11-14-5-6-23-24(14)2)21-10-13-3-4-16(15(18)9-13)25-8-7-20-12-25/h3-9,12H,10-11H2,1-2H3,(H2,19,21,22). The fourth-order valence-corrected chi connectivity index (χ4v) is 2.43. The van der Waals surface area contributed by atoms with Crippen LogP contribution in [0, 0.1) is 5.82 Å². The maximum absolute atomic E-state index is 14.3. The van der Waals surface area contributed by atoms with Crippen LogP contribution < -0.4 is 10.6 Å². The monoisotopic (exact) mass is 341 g/mol. The molecule has 0 spiro atoms. The van der Waals surface area contributed by atoms with Crippen molar-refractivity contribution in [2.75, 3.05) is 7.05 Å². The molecule has 130 valence electrons. The number of aliphatic imine (C=N–C) groups is 1. The third-order valence-electron chi connectivity index (χ3n) is 3.84. The Hall–Kier alpha value is -3.16. The lowest BCUT2D eigenvalue weighted by molar-refractivity contribution is 0.614. The first-order valence-corrected chi connectivity index (χ1v) is 7.85. The first-order valence-electron chi connectivity index (χ1n) is 7.85. The summed E-state index contributed by atoms with van der Waals surface area (Å²) < 4.78 is 17.7. The fourth-order valence-electron chi connectivity index (χ4n) is 2.43. The summed E-state index contributed by atoms with van der Waals surface area (Å²) in [6.45, 7) is 1.07. The Morgan fingerprint density at radius 3 is 2.68 bits per heavy atom. The molecule has 8 heteroatoms. The Kier molecular flexibility index (Phi) is 5.08. The Balaban J connectivity index is 1.58. The molecule has 0 unspecified atom stereocenters. The molecule has 2 aromatic heterocycles. The molecular weight excluding hydrogens is 321 g/mol. The van der Waals surface area contributed by atoms with Gasteiger partial charge in [-0.25, -0.2) is 9.37 Å². The largest absolute Gasteiger partial charge is 0.352 e. The summed E-state index contributed by atoms with van der Waals surface area (Å²) in [5.74, 6) is 0.343. The van der Waals surface area contributed by atoms with Crippen molar-refractivity contribution in [1.82, 2.24) is 30.0 Å². The van der Waals surface area contributed by atoms with Crippen LogP contribution in [0.25, 0.3) is 5.69 Å². The van der Waals surface area contributed by atoms with E-state index >= 15 is 0 Å². The SMILES string of the molecule is CN=C(NCc1ccc(-n2ccnc2)c(F)c1)NCc1ccnn1C. The number of imidazole rings is 1. The van der Waals surface area contributed by atoms with Gasteiger partial charge in [0.25, 0.3) is 0 Å². The van der Waals surface area contributed by atoms with Gasteiger partial charge in [0.15, 0.2) is 5.96 Å². The molecule has 3 aromatic rings. The van der Waals surface area contributed by atoms with Crippen molar-refractivity contribution in [3.8, 4) is 5.69 Å². The summed E-state index contributed by atoms with van der Waals surface area (Å²) in [7, 11) is 3.58. The predicted molar refractivity (Wildman–Crippen MR) is 93.8 cm³/mol. The number of nitrogens with one attached hydrogen (secondary N) is 2. The molecule has 0 fully saturated rings. The van der Waals surface area contributed by atoms with E-state index in [1.165, 1.54) is 6.07 Å². The highest BCUT2D eigenvalue weighted by Crippen LogP contribution is 2.14. The number of aromatic nitrogens is 4. The number of rotatable bonds is 5. The summed E-state index contributed by atoms with van der Waals surface area (Å²) in [4.78, 5) is 8.11. The molecule has 0 aliphatic heterocycles. The Morgan fingerprint density at radius 2 is 2.04 bits per heavy atom. The van der Waals surface area contributed by atoms with E-state index < -0.39 is 0 Å². The van der Waals surface area contributed by atoms with E-state index in [9.17, 15) is 4.39 Å². The molecule has 3 rings (SSSR count). The van der Waals surface area contributed by atoms with Crippen LogP contribution in [0.3, 0.4) is 0 Å². The van der Waals surface area contributed by atoms with Crippen molar-refractivity contribution in [3.05, 3.63) is 66.3 Å². The second-order valence-corrected chi connectivity index (χ2v) is 5.48. The van der Waals surface area contributed by atoms with E-state index in [1.54, 1.807) is 47.3 Å².